The van der Waals surface area contributed by atoms with Gasteiger partial charge in [0.25, 0.3) is 5.69 Å². The largest absolute Gasteiger partial charge is 0.465 e. The molecule has 0 spiro atoms. The lowest BCUT2D eigenvalue weighted by Gasteiger charge is -2.11. The van der Waals surface area contributed by atoms with Crippen molar-refractivity contribution in [3.8, 4) is 11.1 Å². The van der Waals surface area contributed by atoms with E-state index in [1.165, 1.54) is 24.5 Å². The van der Waals surface area contributed by atoms with Crippen molar-refractivity contribution in [1.82, 2.24) is 0 Å². The molecule has 0 atom stereocenters. The summed E-state index contributed by atoms with van der Waals surface area (Å²) in [6.45, 7) is 0. The zero-order chi connectivity index (χ0) is 24.8. The van der Waals surface area contributed by atoms with Crippen molar-refractivity contribution in [3.63, 3.8) is 0 Å². The first-order valence-electron chi connectivity index (χ1n) is 10.6. The van der Waals surface area contributed by atoms with Crippen molar-refractivity contribution in [2.45, 2.75) is 6.42 Å². The summed E-state index contributed by atoms with van der Waals surface area (Å²) in [5, 5.41) is 18.4. The van der Waals surface area contributed by atoms with Gasteiger partial charge in [-0.15, -0.1) is 11.3 Å². The Morgan fingerprint density at radius 3 is 2.37 bits per heavy atom. The fourth-order valence-corrected chi connectivity index (χ4v) is 4.92. The highest BCUT2D eigenvalue weighted by Gasteiger charge is 2.18. The van der Waals surface area contributed by atoms with E-state index in [1.807, 2.05) is 36.4 Å². The molecule has 1 aromatic heterocycles. The molecular formula is C26H21N3O4S2. The summed E-state index contributed by atoms with van der Waals surface area (Å²) in [4.78, 5) is 24.2. The third-order valence-corrected chi connectivity index (χ3v) is 6.45. The van der Waals surface area contributed by atoms with Crippen LogP contribution in [-0.2, 0) is 11.2 Å². The Morgan fingerprint density at radius 1 is 1.00 bits per heavy atom. The van der Waals surface area contributed by atoms with Crippen LogP contribution in [0.2, 0.25) is 0 Å². The van der Waals surface area contributed by atoms with Crippen LogP contribution in [0.1, 0.15) is 20.8 Å². The first kappa shape index (κ1) is 24.1. The Hall–Kier alpha value is -4.08. The number of rotatable bonds is 7. The van der Waals surface area contributed by atoms with E-state index < -0.39 is 10.9 Å². The highest BCUT2D eigenvalue weighted by molar-refractivity contribution is 7.80. The molecule has 0 aliphatic heterocycles. The van der Waals surface area contributed by atoms with Crippen molar-refractivity contribution in [2.75, 3.05) is 17.7 Å². The van der Waals surface area contributed by atoms with Crippen LogP contribution in [0.15, 0.2) is 84.9 Å². The topological polar surface area (TPSA) is 93.5 Å². The molecule has 0 saturated carbocycles. The molecular weight excluding hydrogens is 482 g/mol. The molecule has 2 N–H and O–H groups in total. The number of nitrogens with one attached hydrogen (secondary N) is 2. The SMILES string of the molecule is COC(=O)c1cc(Cc2ccccc2)sc1NC(=S)Nc1ccc(-c2ccccc2[N+](=O)[O-])cc1. The minimum atomic E-state index is -0.445. The monoisotopic (exact) mass is 503 g/mol. The number of anilines is 2. The van der Waals surface area contributed by atoms with Gasteiger partial charge in [-0.25, -0.2) is 4.79 Å². The fraction of sp³-hybridized carbons (Fsp3) is 0.0769. The van der Waals surface area contributed by atoms with Crippen molar-refractivity contribution >= 4 is 51.0 Å². The summed E-state index contributed by atoms with van der Waals surface area (Å²) < 4.78 is 4.94. The molecule has 0 saturated heterocycles. The minimum absolute atomic E-state index is 0.0461. The van der Waals surface area contributed by atoms with Crippen molar-refractivity contribution in [3.05, 3.63) is 111 Å². The average Bonchev–Trinajstić information content (AvgIpc) is 3.26. The maximum Gasteiger partial charge on any atom is 0.340 e. The van der Waals surface area contributed by atoms with Crippen molar-refractivity contribution in [2.24, 2.45) is 0 Å². The van der Waals surface area contributed by atoms with Crippen LogP contribution >= 0.6 is 23.6 Å². The fourth-order valence-electron chi connectivity index (χ4n) is 3.56. The average molecular weight is 504 g/mol. The Labute approximate surface area is 211 Å². The normalized spacial score (nSPS) is 10.4. The minimum Gasteiger partial charge on any atom is -0.465 e. The number of benzene rings is 3. The number of hydrogen-bond acceptors (Lipinski definition) is 6. The van der Waals surface area contributed by atoms with Gasteiger partial charge < -0.3 is 15.4 Å². The molecule has 0 radical (unpaired) electrons. The second kappa shape index (κ2) is 10.9. The second-order valence-corrected chi connectivity index (χ2v) is 9.09. The Morgan fingerprint density at radius 2 is 1.69 bits per heavy atom. The molecule has 1 heterocycles. The van der Waals surface area contributed by atoms with Gasteiger partial charge in [0.1, 0.15) is 5.00 Å². The first-order chi connectivity index (χ1) is 16.9. The van der Waals surface area contributed by atoms with Gasteiger partial charge in [-0.2, -0.15) is 0 Å². The number of thiocarbonyl (C=S) groups is 1. The molecule has 0 amide bonds. The number of carbonyl (C=O) groups excluding carboxylic acids is 1. The van der Waals surface area contributed by atoms with Crippen LogP contribution in [0.4, 0.5) is 16.4 Å². The molecule has 9 heteroatoms. The zero-order valence-electron chi connectivity index (χ0n) is 18.7. The van der Waals surface area contributed by atoms with Crippen molar-refractivity contribution in [1.29, 1.82) is 0 Å². The zero-order valence-corrected chi connectivity index (χ0v) is 20.3. The first-order valence-corrected chi connectivity index (χ1v) is 11.8. The van der Waals surface area contributed by atoms with Crippen LogP contribution < -0.4 is 10.6 Å². The Balaban J connectivity index is 1.48. The van der Waals surface area contributed by atoms with E-state index in [-0.39, 0.29) is 5.69 Å². The van der Waals surface area contributed by atoms with E-state index in [0.717, 1.165) is 16.0 Å². The van der Waals surface area contributed by atoms with Crippen LogP contribution in [0.25, 0.3) is 11.1 Å². The maximum absolute atomic E-state index is 12.3. The summed E-state index contributed by atoms with van der Waals surface area (Å²) in [5.41, 5.74) is 3.56. The van der Waals surface area contributed by atoms with E-state index in [1.54, 1.807) is 42.5 Å². The van der Waals surface area contributed by atoms with Gasteiger partial charge >= 0.3 is 5.97 Å². The predicted molar refractivity (Wildman–Crippen MR) is 143 cm³/mol. The number of carbonyl (C=O) groups is 1. The molecule has 7 nitrogen and oxygen atoms in total. The molecule has 0 bridgehead atoms. The van der Waals surface area contributed by atoms with Gasteiger partial charge in [0.15, 0.2) is 5.11 Å². The number of nitro groups is 1. The van der Waals surface area contributed by atoms with E-state index in [0.29, 0.717) is 33.3 Å². The Kier molecular flexibility index (Phi) is 7.49. The molecule has 176 valence electrons. The maximum atomic E-state index is 12.3. The highest BCUT2D eigenvalue weighted by Crippen LogP contribution is 2.32. The molecule has 35 heavy (non-hydrogen) atoms. The number of nitrogens with zero attached hydrogens (tertiary/aromatic N) is 1. The van der Waals surface area contributed by atoms with Gasteiger partial charge in [-0.05, 0) is 47.6 Å². The smallest absolute Gasteiger partial charge is 0.340 e. The number of thiophene rings is 1. The quantitative estimate of drug-likeness (QED) is 0.128. The van der Waals surface area contributed by atoms with Crippen LogP contribution in [-0.4, -0.2) is 23.1 Å². The number of methoxy groups -OCH3 is 1. The van der Waals surface area contributed by atoms with E-state index in [4.69, 9.17) is 17.0 Å². The van der Waals surface area contributed by atoms with Crippen molar-refractivity contribution < 1.29 is 14.5 Å². The van der Waals surface area contributed by atoms with E-state index in [2.05, 4.69) is 10.6 Å². The molecule has 4 aromatic rings. The number of esters is 1. The van der Waals surface area contributed by atoms with Crippen LogP contribution in [0.3, 0.4) is 0 Å². The lowest BCUT2D eigenvalue weighted by Crippen LogP contribution is -2.19. The number of hydrogen-bond donors (Lipinski definition) is 2. The summed E-state index contributed by atoms with van der Waals surface area (Å²) in [5.74, 6) is -0.445. The Bertz CT molecular complexity index is 1370. The second-order valence-electron chi connectivity index (χ2n) is 7.54. The van der Waals surface area contributed by atoms with Gasteiger partial charge in [0, 0.05) is 23.1 Å². The number of para-hydroxylation sites is 1. The number of ether oxygens (including phenoxy) is 1. The number of nitro benzene ring substituents is 1. The van der Waals surface area contributed by atoms with Crippen LogP contribution in [0, 0.1) is 10.1 Å². The summed E-state index contributed by atoms with van der Waals surface area (Å²) in [7, 11) is 1.34. The third-order valence-electron chi connectivity index (χ3n) is 5.19. The molecule has 0 aliphatic carbocycles. The van der Waals surface area contributed by atoms with Gasteiger partial charge in [-0.3, -0.25) is 10.1 Å². The van der Waals surface area contributed by atoms with E-state index in [9.17, 15) is 14.9 Å². The lowest BCUT2D eigenvalue weighted by atomic mass is 10.0. The van der Waals surface area contributed by atoms with E-state index >= 15 is 0 Å². The predicted octanol–water partition coefficient (Wildman–Crippen LogP) is 6.51. The van der Waals surface area contributed by atoms with Crippen LogP contribution in [0.5, 0.6) is 0 Å². The molecule has 0 unspecified atom stereocenters. The summed E-state index contributed by atoms with van der Waals surface area (Å²) >= 11 is 6.90. The molecule has 4 rings (SSSR count). The lowest BCUT2D eigenvalue weighted by molar-refractivity contribution is -0.384. The third kappa shape index (κ3) is 5.89. The summed E-state index contributed by atoms with van der Waals surface area (Å²) in [6, 6.07) is 25.5. The molecule has 3 aromatic carbocycles. The molecule has 0 aliphatic rings. The van der Waals surface area contributed by atoms with Gasteiger partial charge in [0.2, 0.25) is 0 Å². The summed E-state index contributed by atoms with van der Waals surface area (Å²) in [6.07, 6.45) is 0.685. The molecule has 0 fully saturated rings. The van der Waals surface area contributed by atoms with Gasteiger partial charge in [0.05, 0.1) is 23.2 Å². The highest BCUT2D eigenvalue weighted by atomic mass is 32.1. The standard InChI is InChI=1S/C26H21N3O4S2/c1-33-25(30)22-16-20(15-17-7-3-2-4-8-17)35-24(22)28-26(34)27-19-13-11-18(12-14-19)21-9-5-6-10-23(21)29(31)32/h2-14,16H,15H2,1H3,(H2,27,28,34). The van der Waals surface area contributed by atoms with Gasteiger partial charge in [-0.1, -0.05) is 54.6 Å².